The topological polar surface area (TPSA) is 60.5 Å². The van der Waals surface area contributed by atoms with Crippen LogP contribution in [0.15, 0.2) is 65.8 Å². The van der Waals surface area contributed by atoms with Crippen molar-refractivity contribution in [1.82, 2.24) is 4.98 Å². The van der Waals surface area contributed by atoms with Crippen molar-refractivity contribution in [3.8, 4) is 5.75 Å². The first-order valence-electron chi connectivity index (χ1n) is 13.0. The number of pyridine rings is 1. The molecule has 1 N–H and O–H groups in total. The Morgan fingerprint density at radius 1 is 1.18 bits per heavy atom. The Morgan fingerprint density at radius 3 is 2.58 bits per heavy atom. The summed E-state index contributed by atoms with van der Waals surface area (Å²) in [5.74, 6) is -7.21. The van der Waals surface area contributed by atoms with Gasteiger partial charge in [-0.2, -0.15) is 13.2 Å². The van der Waals surface area contributed by atoms with Crippen molar-refractivity contribution in [3.05, 3.63) is 83.6 Å². The molecular weight excluding hydrogens is 527 g/mol. The number of ether oxygens (including phenoxy) is 2. The van der Waals surface area contributed by atoms with Gasteiger partial charge in [-0.15, -0.1) is 11.8 Å². The number of amides is 1. The number of nitrogens with zero attached hydrogens (tertiary/aromatic N) is 1. The van der Waals surface area contributed by atoms with E-state index in [1.165, 1.54) is 30.1 Å². The summed E-state index contributed by atoms with van der Waals surface area (Å²) in [6, 6.07) is 13.4. The molecule has 0 unspecified atom stereocenters. The second kappa shape index (κ2) is 10.9. The summed E-state index contributed by atoms with van der Waals surface area (Å²) >= 11 is 1.37. The summed E-state index contributed by atoms with van der Waals surface area (Å²) in [5, 5.41) is 3.05. The van der Waals surface area contributed by atoms with Crippen molar-refractivity contribution in [3.63, 3.8) is 0 Å². The highest BCUT2D eigenvalue weighted by Gasteiger charge is 2.65. The molecule has 0 bridgehead atoms. The molecule has 1 aromatic heterocycles. The molecule has 0 aliphatic carbocycles. The van der Waals surface area contributed by atoms with Crippen LogP contribution in [0.5, 0.6) is 5.75 Å². The number of thioether (sulfide) groups is 1. The molecule has 5 nitrogen and oxygen atoms in total. The summed E-state index contributed by atoms with van der Waals surface area (Å²) in [6.45, 7) is 1.88. The number of benzene rings is 2. The molecule has 0 spiro atoms. The van der Waals surface area contributed by atoms with Crippen molar-refractivity contribution < 1.29 is 40.3 Å². The highest BCUT2D eigenvalue weighted by Crippen LogP contribution is 2.54. The number of nitrogens with one attached hydrogen (secondary N) is 1. The van der Waals surface area contributed by atoms with Gasteiger partial charge in [0.2, 0.25) is 0 Å². The van der Waals surface area contributed by atoms with Crippen LogP contribution in [0.2, 0.25) is 0 Å². The lowest BCUT2D eigenvalue weighted by Gasteiger charge is -2.32. The summed E-state index contributed by atoms with van der Waals surface area (Å²) in [6.07, 6.45) is -5.44. The predicted molar refractivity (Wildman–Crippen MR) is 133 cm³/mol. The average molecular weight is 556 g/mol. The summed E-state index contributed by atoms with van der Waals surface area (Å²) in [7, 11) is -3.14. The Morgan fingerprint density at radius 2 is 1.89 bits per heavy atom. The SMILES string of the molecule is [2H]C([2H])([2H])Oc1cc(F)c(F)cc1[C@H]1[C@H](C(=O)Nc2ccnc(SCc3ccccc3)c2)O[C@@](C)(C(F)(F)F)[C@H]1C. The van der Waals surface area contributed by atoms with E-state index in [2.05, 4.69) is 10.3 Å². The normalized spacial score (nSPS) is 24.8. The van der Waals surface area contributed by atoms with Gasteiger partial charge in [-0.05, 0) is 30.7 Å². The van der Waals surface area contributed by atoms with Crippen LogP contribution in [0.4, 0.5) is 27.6 Å². The van der Waals surface area contributed by atoms with Crippen molar-refractivity contribution in [2.24, 2.45) is 5.92 Å². The van der Waals surface area contributed by atoms with Gasteiger partial charge in [0, 0.05) is 41.1 Å². The molecule has 1 fully saturated rings. The van der Waals surface area contributed by atoms with E-state index in [0.717, 1.165) is 19.4 Å². The van der Waals surface area contributed by atoms with E-state index in [4.69, 9.17) is 13.6 Å². The van der Waals surface area contributed by atoms with Crippen LogP contribution < -0.4 is 10.1 Å². The molecule has 38 heavy (non-hydrogen) atoms. The number of carbonyl (C=O) groups is 1. The summed E-state index contributed by atoms with van der Waals surface area (Å²) in [5.41, 5.74) is -2.11. The largest absolute Gasteiger partial charge is 0.496 e. The lowest BCUT2D eigenvalue weighted by atomic mass is 9.77. The zero-order valence-corrected chi connectivity index (χ0v) is 21.0. The maximum Gasteiger partial charge on any atom is 0.417 e. The van der Waals surface area contributed by atoms with Gasteiger partial charge < -0.3 is 14.8 Å². The molecule has 11 heteroatoms. The Bertz CT molecular complexity index is 1410. The van der Waals surface area contributed by atoms with E-state index in [0.29, 0.717) is 22.9 Å². The summed E-state index contributed by atoms with van der Waals surface area (Å²) in [4.78, 5) is 17.7. The number of methoxy groups -OCH3 is 1. The number of alkyl halides is 3. The lowest BCUT2D eigenvalue weighted by Crippen LogP contribution is -2.47. The van der Waals surface area contributed by atoms with Gasteiger partial charge in [-0.3, -0.25) is 4.79 Å². The molecule has 1 saturated heterocycles. The minimum Gasteiger partial charge on any atom is -0.496 e. The van der Waals surface area contributed by atoms with Crippen molar-refractivity contribution in [2.45, 2.75) is 48.4 Å². The average Bonchev–Trinajstić information content (AvgIpc) is 3.16. The van der Waals surface area contributed by atoms with Gasteiger partial charge in [0.15, 0.2) is 17.2 Å². The maximum absolute atomic E-state index is 14.4. The monoisotopic (exact) mass is 555 g/mol. The number of anilines is 1. The maximum atomic E-state index is 14.4. The minimum absolute atomic E-state index is 0.209. The molecular formula is C27H25F5N2O3S. The Hall–Kier alpha value is -3.18. The summed E-state index contributed by atoms with van der Waals surface area (Å²) < 4.78 is 103. The van der Waals surface area contributed by atoms with Crippen molar-refractivity contribution in [2.75, 3.05) is 12.4 Å². The van der Waals surface area contributed by atoms with Crippen LogP contribution in [0.25, 0.3) is 0 Å². The van der Waals surface area contributed by atoms with Crippen molar-refractivity contribution >= 4 is 23.4 Å². The van der Waals surface area contributed by atoms with Crippen LogP contribution in [0, 0.1) is 17.6 Å². The van der Waals surface area contributed by atoms with Crippen LogP contribution in [-0.2, 0) is 15.3 Å². The van der Waals surface area contributed by atoms with Crippen LogP contribution in [0.1, 0.15) is 35.0 Å². The van der Waals surface area contributed by atoms with Crippen LogP contribution in [0.3, 0.4) is 0 Å². The molecule has 0 radical (unpaired) electrons. The third-order valence-electron chi connectivity index (χ3n) is 6.68. The van der Waals surface area contributed by atoms with E-state index in [1.807, 2.05) is 30.3 Å². The van der Waals surface area contributed by atoms with E-state index < -0.39 is 65.6 Å². The first-order valence-corrected chi connectivity index (χ1v) is 12.4. The quantitative estimate of drug-likeness (QED) is 0.259. The van der Waals surface area contributed by atoms with Gasteiger partial charge >= 0.3 is 6.18 Å². The molecule has 202 valence electrons. The zero-order valence-electron chi connectivity index (χ0n) is 23.2. The fraction of sp³-hybridized carbons (Fsp3) is 0.333. The van der Waals surface area contributed by atoms with Gasteiger partial charge in [0.1, 0.15) is 11.9 Å². The number of carbonyl (C=O) groups excluding carboxylic acids is 1. The smallest absolute Gasteiger partial charge is 0.417 e. The second-order valence-electron chi connectivity index (χ2n) is 9.01. The van der Waals surface area contributed by atoms with E-state index in [1.54, 1.807) is 0 Å². The molecule has 4 rings (SSSR count). The molecule has 2 heterocycles. The zero-order chi connectivity index (χ0) is 30.2. The van der Waals surface area contributed by atoms with Gasteiger partial charge in [0.25, 0.3) is 5.91 Å². The highest BCUT2D eigenvalue weighted by atomic mass is 32.2. The Labute approximate surface area is 225 Å². The van der Waals surface area contributed by atoms with E-state index in [9.17, 15) is 26.7 Å². The van der Waals surface area contributed by atoms with Gasteiger partial charge in [-0.25, -0.2) is 13.8 Å². The van der Waals surface area contributed by atoms with Crippen molar-refractivity contribution in [1.29, 1.82) is 0 Å². The fourth-order valence-electron chi connectivity index (χ4n) is 4.43. The molecule has 1 aliphatic heterocycles. The van der Waals surface area contributed by atoms with Crippen LogP contribution in [-0.4, -0.2) is 35.8 Å². The Balaban J connectivity index is 1.67. The third-order valence-corrected chi connectivity index (χ3v) is 7.68. The third kappa shape index (κ3) is 5.49. The number of halogens is 5. The highest BCUT2D eigenvalue weighted by molar-refractivity contribution is 7.98. The Kier molecular flexibility index (Phi) is 6.85. The van der Waals surface area contributed by atoms with Gasteiger partial charge in [-0.1, -0.05) is 37.3 Å². The number of rotatable bonds is 7. The molecule has 3 aromatic rings. The van der Waals surface area contributed by atoms with E-state index >= 15 is 0 Å². The fourth-order valence-corrected chi connectivity index (χ4v) is 5.28. The number of hydrogen-bond donors (Lipinski definition) is 1. The van der Waals surface area contributed by atoms with E-state index in [-0.39, 0.29) is 5.69 Å². The molecule has 4 atom stereocenters. The second-order valence-corrected chi connectivity index (χ2v) is 10.0. The first-order chi connectivity index (χ1) is 19.1. The minimum atomic E-state index is -4.97. The molecule has 1 aliphatic rings. The standard InChI is InChI=1S/C27H25F5N2O3S/c1-15-23(18-12-19(28)20(29)13-21(18)36-3)24(37-26(15,2)27(30,31)32)25(35)34-17-9-10-33-22(11-17)38-14-16-7-5-4-6-8-16/h4-13,15,23-24H,14H2,1-3H3,(H,33,34,35)/t15-,23-,24+,26+/m0/s1/i3D3. The predicted octanol–water partition coefficient (Wildman–Crippen LogP) is 6.74. The molecule has 0 saturated carbocycles. The molecule has 1 amide bonds. The number of aromatic nitrogens is 1. The van der Waals surface area contributed by atoms with Crippen LogP contribution >= 0.6 is 11.8 Å². The van der Waals surface area contributed by atoms with Gasteiger partial charge in [0.05, 0.1) is 16.2 Å². The first kappa shape index (κ1) is 23.9. The lowest BCUT2D eigenvalue weighted by molar-refractivity contribution is -0.272. The molecule has 2 aromatic carbocycles. The number of hydrogen-bond acceptors (Lipinski definition) is 5.